The zero-order chi connectivity index (χ0) is 14.5. The first-order chi connectivity index (χ1) is 9.58. The van der Waals surface area contributed by atoms with Crippen LogP contribution in [0.1, 0.15) is 35.6 Å². The van der Waals surface area contributed by atoms with Crippen LogP contribution in [0.25, 0.3) is 0 Å². The van der Waals surface area contributed by atoms with Crippen molar-refractivity contribution in [2.75, 3.05) is 0 Å². The van der Waals surface area contributed by atoms with Gasteiger partial charge >= 0.3 is 0 Å². The predicted octanol–water partition coefficient (Wildman–Crippen LogP) is 2.84. The van der Waals surface area contributed by atoms with Crippen molar-refractivity contribution < 1.29 is 4.79 Å². The second-order valence-corrected chi connectivity index (χ2v) is 5.06. The van der Waals surface area contributed by atoms with E-state index in [2.05, 4.69) is 9.97 Å². The zero-order valence-corrected chi connectivity index (χ0v) is 12.1. The molecule has 1 aromatic carbocycles. The summed E-state index contributed by atoms with van der Waals surface area (Å²) in [5.74, 6) is -0.0608. The molecule has 0 saturated heterocycles. The number of benzene rings is 1. The molecule has 0 N–H and O–H groups in total. The summed E-state index contributed by atoms with van der Waals surface area (Å²) in [7, 11) is 0. The summed E-state index contributed by atoms with van der Waals surface area (Å²) in [4.78, 5) is 22.5. The lowest BCUT2D eigenvalue weighted by Gasteiger charge is -2.26. The van der Waals surface area contributed by atoms with Gasteiger partial charge in [0.1, 0.15) is 12.0 Å². The highest BCUT2D eigenvalue weighted by atomic mass is 16.2. The summed E-state index contributed by atoms with van der Waals surface area (Å²) in [5, 5.41) is 0. The summed E-state index contributed by atoms with van der Waals surface area (Å²) in [6, 6.07) is 11.8. The van der Waals surface area contributed by atoms with Crippen LogP contribution in [0.4, 0.5) is 0 Å². The van der Waals surface area contributed by atoms with E-state index in [1.165, 1.54) is 6.33 Å². The van der Waals surface area contributed by atoms with Crippen molar-refractivity contribution in [3.8, 4) is 0 Å². The molecule has 4 nitrogen and oxygen atoms in total. The number of carbonyl (C=O) groups is 1. The molecule has 0 spiro atoms. The third-order valence-electron chi connectivity index (χ3n) is 3.10. The molecule has 0 saturated carbocycles. The molecule has 0 unspecified atom stereocenters. The zero-order valence-electron chi connectivity index (χ0n) is 12.1. The van der Waals surface area contributed by atoms with Crippen molar-refractivity contribution in [1.82, 2.24) is 14.9 Å². The van der Waals surface area contributed by atoms with Crippen LogP contribution in [0.2, 0.25) is 0 Å². The Balaban J connectivity index is 2.23. The van der Waals surface area contributed by atoms with Crippen LogP contribution in [0.5, 0.6) is 0 Å². The molecule has 1 amide bonds. The first-order valence-electron chi connectivity index (χ1n) is 6.71. The van der Waals surface area contributed by atoms with Crippen molar-refractivity contribution in [3.05, 3.63) is 59.7 Å². The standard InChI is InChI=1S/C16H19N3O/c1-12(2)19(10-14-7-5-4-6-8-14)16(20)15-9-13(3)17-11-18-15/h4-9,11-12H,10H2,1-3H3. The number of hydrogen-bond acceptors (Lipinski definition) is 3. The number of nitrogens with zero attached hydrogens (tertiary/aromatic N) is 3. The van der Waals surface area contributed by atoms with E-state index in [4.69, 9.17) is 0 Å². The van der Waals surface area contributed by atoms with Gasteiger partial charge in [0, 0.05) is 18.3 Å². The Morgan fingerprint density at radius 2 is 1.90 bits per heavy atom. The fourth-order valence-corrected chi connectivity index (χ4v) is 1.99. The average Bonchev–Trinajstić information content (AvgIpc) is 2.45. The van der Waals surface area contributed by atoms with Crippen molar-refractivity contribution in [2.45, 2.75) is 33.4 Å². The molecular formula is C16H19N3O. The third kappa shape index (κ3) is 3.41. The highest BCUT2D eigenvalue weighted by Gasteiger charge is 2.20. The van der Waals surface area contributed by atoms with Crippen LogP contribution >= 0.6 is 0 Å². The molecule has 2 rings (SSSR count). The topological polar surface area (TPSA) is 46.1 Å². The molecule has 4 heteroatoms. The molecule has 20 heavy (non-hydrogen) atoms. The van der Waals surface area contributed by atoms with Gasteiger partial charge in [-0.1, -0.05) is 30.3 Å². The molecular weight excluding hydrogens is 250 g/mol. The van der Waals surface area contributed by atoms with E-state index in [0.29, 0.717) is 12.2 Å². The molecule has 2 aromatic rings. The van der Waals surface area contributed by atoms with Crippen LogP contribution in [0.3, 0.4) is 0 Å². The fourth-order valence-electron chi connectivity index (χ4n) is 1.99. The van der Waals surface area contributed by atoms with E-state index >= 15 is 0 Å². The lowest BCUT2D eigenvalue weighted by Crippen LogP contribution is -2.36. The van der Waals surface area contributed by atoms with E-state index < -0.39 is 0 Å². The number of amides is 1. The van der Waals surface area contributed by atoms with Gasteiger partial charge in [-0.3, -0.25) is 4.79 Å². The van der Waals surface area contributed by atoms with E-state index in [9.17, 15) is 4.79 Å². The van der Waals surface area contributed by atoms with Crippen molar-refractivity contribution in [3.63, 3.8) is 0 Å². The van der Waals surface area contributed by atoms with Gasteiger partial charge in [-0.05, 0) is 32.4 Å². The number of carbonyl (C=O) groups excluding carboxylic acids is 1. The molecule has 0 radical (unpaired) electrons. The van der Waals surface area contributed by atoms with Gasteiger partial charge in [-0.15, -0.1) is 0 Å². The predicted molar refractivity (Wildman–Crippen MR) is 78.2 cm³/mol. The maximum atomic E-state index is 12.6. The SMILES string of the molecule is Cc1cc(C(=O)N(Cc2ccccc2)C(C)C)ncn1. The van der Waals surface area contributed by atoms with Crippen LogP contribution in [-0.4, -0.2) is 26.8 Å². The molecule has 0 atom stereocenters. The first kappa shape index (κ1) is 14.2. The average molecular weight is 269 g/mol. The van der Waals surface area contributed by atoms with E-state index in [0.717, 1.165) is 11.3 Å². The highest BCUT2D eigenvalue weighted by molar-refractivity contribution is 5.92. The quantitative estimate of drug-likeness (QED) is 0.857. The van der Waals surface area contributed by atoms with Gasteiger partial charge in [0.05, 0.1) is 0 Å². The molecule has 0 bridgehead atoms. The smallest absolute Gasteiger partial charge is 0.273 e. The summed E-state index contributed by atoms with van der Waals surface area (Å²) >= 11 is 0. The minimum atomic E-state index is -0.0608. The number of aromatic nitrogens is 2. The van der Waals surface area contributed by atoms with Gasteiger partial charge < -0.3 is 4.90 Å². The normalized spacial score (nSPS) is 10.6. The van der Waals surface area contributed by atoms with Crippen LogP contribution in [0, 0.1) is 6.92 Å². The Kier molecular flexibility index (Phi) is 4.45. The Hall–Kier alpha value is -2.23. The molecule has 0 aliphatic rings. The lowest BCUT2D eigenvalue weighted by atomic mass is 10.1. The van der Waals surface area contributed by atoms with E-state index in [1.54, 1.807) is 6.07 Å². The van der Waals surface area contributed by atoms with Gasteiger partial charge in [0.25, 0.3) is 5.91 Å². The van der Waals surface area contributed by atoms with Gasteiger partial charge in [-0.2, -0.15) is 0 Å². The summed E-state index contributed by atoms with van der Waals surface area (Å²) in [6.07, 6.45) is 1.43. The molecule has 0 fully saturated rings. The maximum absolute atomic E-state index is 12.6. The monoisotopic (exact) mass is 269 g/mol. The van der Waals surface area contributed by atoms with Gasteiger partial charge in [-0.25, -0.2) is 9.97 Å². The Labute approximate surface area is 119 Å². The number of hydrogen-bond donors (Lipinski definition) is 0. The largest absolute Gasteiger partial charge is 0.331 e. The molecule has 0 aliphatic heterocycles. The Morgan fingerprint density at radius 1 is 1.20 bits per heavy atom. The maximum Gasteiger partial charge on any atom is 0.273 e. The van der Waals surface area contributed by atoms with Crippen molar-refractivity contribution in [2.24, 2.45) is 0 Å². The van der Waals surface area contributed by atoms with Gasteiger partial charge in [0.2, 0.25) is 0 Å². The minimum Gasteiger partial charge on any atom is -0.331 e. The van der Waals surface area contributed by atoms with E-state index in [1.807, 2.05) is 56.0 Å². The van der Waals surface area contributed by atoms with Crippen LogP contribution in [-0.2, 0) is 6.54 Å². The summed E-state index contributed by atoms with van der Waals surface area (Å²) < 4.78 is 0. The van der Waals surface area contributed by atoms with Crippen molar-refractivity contribution in [1.29, 1.82) is 0 Å². The Bertz CT molecular complexity index is 581. The Morgan fingerprint density at radius 3 is 2.50 bits per heavy atom. The van der Waals surface area contributed by atoms with Gasteiger partial charge in [0.15, 0.2) is 0 Å². The number of rotatable bonds is 4. The molecule has 104 valence electrons. The van der Waals surface area contributed by atoms with E-state index in [-0.39, 0.29) is 11.9 Å². The third-order valence-corrected chi connectivity index (χ3v) is 3.10. The van der Waals surface area contributed by atoms with Crippen LogP contribution in [0.15, 0.2) is 42.7 Å². The summed E-state index contributed by atoms with van der Waals surface area (Å²) in [6.45, 7) is 6.46. The minimum absolute atomic E-state index is 0.0608. The summed E-state index contributed by atoms with van der Waals surface area (Å²) in [5.41, 5.74) is 2.36. The first-order valence-corrected chi connectivity index (χ1v) is 6.71. The lowest BCUT2D eigenvalue weighted by molar-refractivity contribution is 0.0684. The molecule has 1 aromatic heterocycles. The molecule has 0 aliphatic carbocycles. The molecule has 1 heterocycles. The second-order valence-electron chi connectivity index (χ2n) is 5.06. The van der Waals surface area contributed by atoms with Crippen LogP contribution < -0.4 is 0 Å². The van der Waals surface area contributed by atoms with Crippen molar-refractivity contribution >= 4 is 5.91 Å². The number of aryl methyl sites for hydroxylation is 1. The highest BCUT2D eigenvalue weighted by Crippen LogP contribution is 2.12. The fraction of sp³-hybridized carbons (Fsp3) is 0.312. The second kappa shape index (κ2) is 6.28.